The summed E-state index contributed by atoms with van der Waals surface area (Å²) in [6.07, 6.45) is 3.88. The molecule has 0 radical (unpaired) electrons. The summed E-state index contributed by atoms with van der Waals surface area (Å²) in [5.41, 5.74) is 3.61. The number of thiazole rings is 1. The van der Waals surface area contributed by atoms with E-state index in [1.807, 2.05) is 6.07 Å². The van der Waals surface area contributed by atoms with E-state index in [0.29, 0.717) is 50.1 Å². The molecule has 2 heterocycles. The molecule has 0 saturated carbocycles. The van der Waals surface area contributed by atoms with Crippen molar-refractivity contribution < 1.29 is 18.0 Å². The standard InChI is InChI=1S/C28H21N5O4S2/c29-39(36,37)24-13-4-2-11-22(24)21-10-1-3-12-23(21)32-27(35)26-25(18-7-5-9-20(15-18)31-17-34)33-28(38-26)19-8-6-14-30-16-19/h1-17H,(H,31,34)(H,32,35)(H2,29,36,37). The molecule has 0 fully saturated rings. The van der Waals surface area contributed by atoms with Crippen LogP contribution in [0.1, 0.15) is 9.67 Å². The van der Waals surface area contributed by atoms with Gasteiger partial charge in [-0.05, 0) is 36.4 Å². The Kier molecular flexibility index (Phi) is 7.28. The second kappa shape index (κ2) is 11.0. The Morgan fingerprint density at radius 1 is 0.897 bits per heavy atom. The van der Waals surface area contributed by atoms with Gasteiger partial charge in [0.05, 0.1) is 10.6 Å². The number of nitrogens with one attached hydrogen (secondary N) is 2. The lowest BCUT2D eigenvalue weighted by Crippen LogP contribution is -2.15. The van der Waals surface area contributed by atoms with Crippen molar-refractivity contribution in [1.82, 2.24) is 9.97 Å². The molecule has 3 aromatic carbocycles. The fourth-order valence-electron chi connectivity index (χ4n) is 4.05. The van der Waals surface area contributed by atoms with Crippen LogP contribution >= 0.6 is 11.3 Å². The zero-order valence-corrected chi connectivity index (χ0v) is 21.9. The molecule has 11 heteroatoms. The number of aromatic nitrogens is 2. The highest BCUT2D eigenvalue weighted by molar-refractivity contribution is 7.89. The minimum absolute atomic E-state index is 0.0523. The zero-order valence-electron chi connectivity index (χ0n) is 20.2. The normalized spacial score (nSPS) is 11.1. The van der Waals surface area contributed by atoms with Gasteiger partial charge in [-0.3, -0.25) is 14.6 Å². The number of carbonyl (C=O) groups excluding carboxylic acids is 2. The summed E-state index contributed by atoms with van der Waals surface area (Å²) >= 11 is 1.19. The number of rotatable bonds is 8. The second-order valence-corrected chi connectivity index (χ2v) is 10.9. The van der Waals surface area contributed by atoms with Crippen LogP contribution in [0.3, 0.4) is 0 Å². The number of benzene rings is 3. The molecule has 4 N–H and O–H groups in total. The number of hydrogen-bond acceptors (Lipinski definition) is 7. The molecular weight excluding hydrogens is 534 g/mol. The molecule has 0 aliphatic heterocycles. The Hall–Kier alpha value is -4.71. The second-order valence-electron chi connectivity index (χ2n) is 8.32. The van der Waals surface area contributed by atoms with Gasteiger partial charge in [-0.25, -0.2) is 18.5 Å². The number of nitrogens with zero attached hydrogens (tertiary/aromatic N) is 2. The smallest absolute Gasteiger partial charge is 0.268 e. The van der Waals surface area contributed by atoms with E-state index in [1.54, 1.807) is 85.2 Å². The number of amides is 2. The highest BCUT2D eigenvalue weighted by Crippen LogP contribution is 2.37. The largest absolute Gasteiger partial charge is 0.329 e. The summed E-state index contributed by atoms with van der Waals surface area (Å²) in [6.45, 7) is 0. The van der Waals surface area contributed by atoms with Crippen LogP contribution in [0, 0.1) is 0 Å². The molecule has 5 aromatic rings. The van der Waals surface area contributed by atoms with Gasteiger partial charge in [-0.2, -0.15) is 0 Å². The molecule has 0 saturated heterocycles. The molecule has 9 nitrogen and oxygen atoms in total. The van der Waals surface area contributed by atoms with Gasteiger partial charge in [0.2, 0.25) is 16.4 Å². The van der Waals surface area contributed by atoms with Crippen LogP contribution in [0.4, 0.5) is 11.4 Å². The third-order valence-corrected chi connectivity index (χ3v) is 7.83. The zero-order chi connectivity index (χ0) is 27.4. The molecule has 2 amide bonds. The van der Waals surface area contributed by atoms with Crippen LogP contribution in [0.2, 0.25) is 0 Å². The summed E-state index contributed by atoms with van der Waals surface area (Å²) in [7, 11) is -4.02. The van der Waals surface area contributed by atoms with Gasteiger partial charge in [0, 0.05) is 46.0 Å². The number of anilines is 2. The first kappa shape index (κ1) is 25.9. The number of pyridine rings is 1. The molecular formula is C28H21N5O4S2. The van der Waals surface area contributed by atoms with Crippen LogP contribution < -0.4 is 15.8 Å². The highest BCUT2D eigenvalue weighted by atomic mass is 32.2. The molecule has 194 valence electrons. The van der Waals surface area contributed by atoms with E-state index < -0.39 is 15.9 Å². The topological polar surface area (TPSA) is 144 Å². The lowest BCUT2D eigenvalue weighted by molar-refractivity contribution is -0.105. The minimum Gasteiger partial charge on any atom is -0.329 e. The first-order chi connectivity index (χ1) is 18.8. The van der Waals surface area contributed by atoms with Crippen molar-refractivity contribution in [2.75, 3.05) is 10.6 Å². The predicted molar refractivity (Wildman–Crippen MR) is 152 cm³/mol. The average Bonchev–Trinajstić information content (AvgIpc) is 3.40. The van der Waals surface area contributed by atoms with Gasteiger partial charge in [-0.1, -0.05) is 48.5 Å². The predicted octanol–water partition coefficient (Wildman–Crippen LogP) is 5.01. The van der Waals surface area contributed by atoms with Crippen LogP contribution in [0.25, 0.3) is 33.0 Å². The van der Waals surface area contributed by atoms with E-state index in [9.17, 15) is 18.0 Å². The van der Waals surface area contributed by atoms with Crippen molar-refractivity contribution in [3.63, 3.8) is 0 Å². The molecule has 0 unspecified atom stereocenters. The van der Waals surface area contributed by atoms with E-state index in [-0.39, 0.29) is 4.90 Å². The molecule has 5 rings (SSSR count). The summed E-state index contributed by atoms with van der Waals surface area (Å²) in [5.74, 6) is -0.438. The maximum absolute atomic E-state index is 13.8. The number of primary sulfonamides is 1. The molecule has 0 aliphatic rings. The van der Waals surface area contributed by atoms with Crippen molar-refractivity contribution in [2.24, 2.45) is 5.14 Å². The first-order valence-electron chi connectivity index (χ1n) is 11.6. The van der Waals surface area contributed by atoms with Gasteiger partial charge in [0.25, 0.3) is 5.91 Å². The van der Waals surface area contributed by atoms with Gasteiger partial charge in [0.15, 0.2) is 0 Å². The summed E-state index contributed by atoms with van der Waals surface area (Å²) in [5, 5.41) is 11.6. The Morgan fingerprint density at radius 3 is 2.38 bits per heavy atom. The summed E-state index contributed by atoms with van der Waals surface area (Å²) in [6, 6.07) is 23.9. The van der Waals surface area contributed by atoms with E-state index in [0.717, 1.165) is 5.56 Å². The van der Waals surface area contributed by atoms with Gasteiger partial charge >= 0.3 is 0 Å². The number of carbonyl (C=O) groups is 2. The number of hydrogen-bond donors (Lipinski definition) is 3. The molecule has 0 aliphatic carbocycles. The van der Waals surface area contributed by atoms with E-state index >= 15 is 0 Å². The quantitative estimate of drug-likeness (QED) is 0.230. The average molecular weight is 556 g/mol. The van der Waals surface area contributed by atoms with E-state index in [1.165, 1.54) is 17.4 Å². The lowest BCUT2D eigenvalue weighted by atomic mass is 10.0. The maximum Gasteiger partial charge on any atom is 0.268 e. The number of para-hydroxylation sites is 1. The van der Waals surface area contributed by atoms with E-state index in [4.69, 9.17) is 10.1 Å². The fraction of sp³-hybridized carbons (Fsp3) is 0. The van der Waals surface area contributed by atoms with Gasteiger partial charge in [0.1, 0.15) is 9.88 Å². The van der Waals surface area contributed by atoms with Crippen molar-refractivity contribution in [3.05, 3.63) is 102 Å². The molecule has 0 atom stereocenters. The maximum atomic E-state index is 13.8. The third kappa shape index (κ3) is 5.60. The SMILES string of the molecule is NS(=O)(=O)c1ccccc1-c1ccccc1NC(=O)c1sc(-c2cccnc2)nc1-c1cccc(NC=O)c1. The van der Waals surface area contributed by atoms with Crippen molar-refractivity contribution in [3.8, 4) is 33.0 Å². The van der Waals surface area contributed by atoms with E-state index in [2.05, 4.69) is 15.6 Å². The van der Waals surface area contributed by atoms with Crippen molar-refractivity contribution >= 4 is 45.1 Å². The highest BCUT2D eigenvalue weighted by Gasteiger charge is 2.23. The summed E-state index contributed by atoms with van der Waals surface area (Å²) in [4.78, 5) is 33.9. The Morgan fingerprint density at radius 2 is 1.64 bits per heavy atom. The third-order valence-electron chi connectivity index (χ3n) is 5.76. The monoisotopic (exact) mass is 555 g/mol. The van der Waals surface area contributed by atoms with Gasteiger partial charge < -0.3 is 10.6 Å². The minimum atomic E-state index is -4.02. The Bertz CT molecular complexity index is 1790. The molecule has 0 bridgehead atoms. The Labute approximate surface area is 228 Å². The number of sulfonamides is 1. The van der Waals surface area contributed by atoms with Crippen LogP contribution in [0.5, 0.6) is 0 Å². The first-order valence-corrected chi connectivity index (χ1v) is 14.0. The van der Waals surface area contributed by atoms with Crippen molar-refractivity contribution in [1.29, 1.82) is 0 Å². The van der Waals surface area contributed by atoms with Crippen molar-refractivity contribution in [2.45, 2.75) is 4.90 Å². The molecule has 2 aromatic heterocycles. The molecule has 0 spiro atoms. The van der Waals surface area contributed by atoms with Gasteiger partial charge in [-0.15, -0.1) is 11.3 Å². The van der Waals surface area contributed by atoms with Crippen LogP contribution in [0.15, 0.2) is 102 Å². The van der Waals surface area contributed by atoms with Crippen LogP contribution in [-0.2, 0) is 14.8 Å². The number of nitrogens with two attached hydrogens (primary N) is 1. The Balaban J connectivity index is 1.59. The van der Waals surface area contributed by atoms with Crippen LogP contribution in [-0.4, -0.2) is 30.7 Å². The summed E-state index contributed by atoms with van der Waals surface area (Å²) < 4.78 is 24.5. The molecule has 39 heavy (non-hydrogen) atoms. The fourth-order valence-corrected chi connectivity index (χ4v) is 5.78. The lowest BCUT2D eigenvalue weighted by Gasteiger charge is -2.14.